The minimum Gasteiger partial charge on any atom is -0.398 e. The summed E-state index contributed by atoms with van der Waals surface area (Å²) in [6, 6.07) is 6.21. The van der Waals surface area contributed by atoms with Gasteiger partial charge in [-0.3, -0.25) is 0 Å². The van der Waals surface area contributed by atoms with Crippen molar-refractivity contribution in [3.05, 3.63) is 23.8 Å². The lowest BCUT2D eigenvalue weighted by Gasteiger charge is -2.24. The third kappa shape index (κ3) is 4.43. The molecule has 2 N–H and O–H groups in total. The lowest BCUT2D eigenvalue weighted by Crippen LogP contribution is -2.37. The van der Waals surface area contributed by atoms with Gasteiger partial charge in [0.05, 0.1) is 17.3 Å². The zero-order valence-electron chi connectivity index (χ0n) is 12.7. The molecule has 0 aliphatic rings. The largest absolute Gasteiger partial charge is 0.398 e. The van der Waals surface area contributed by atoms with Crippen LogP contribution in [0.25, 0.3) is 0 Å². The van der Waals surface area contributed by atoms with E-state index >= 15 is 0 Å². The molecule has 1 rings (SSSR count). The summed E-state index contributed by atoms with van der Waals surface area (Å²) in [6.07, 6.45) is 0.725. The normalized spacial score (nSPS) is 11.8. The summed E-state index contributed by atoms with van der Waals surface area (Å²) in [5, 5.41) is 8.82. The van der Waals surface area contributed by atoms with Crippen molar-refractivity contribution in [2.45, 2.75) is 18.2 Å². The quantitative estimate of drug-likeness (QED) is 0.762. The minimum absolute atomic E-state index is 0.0636. The van der Waals surface area contributed by atoms with Gasteiger partial charge in [0, 0.05) is 19.6 Å². The van der Waals surface area contributed by atoms with Crippen LogP contribution in [-0.4, -0.2) is 51.4 Å². The molecule has 116 valence electrons. The van der Waals surface area contributed by atoms with Gasteiger partial charge in [-0.05, 0) is 38.7 Å². The average molecular weight is 310 g/mol. The molecule has 1 aromatic carbocycles. The van der Waals surface area contributed by atoms with E-state index in [9.17, 15) is 8.42 Å². The molecule has 0 atom stereocenters. The van der Waals surface area contributed by atoms with Gasteiger partial charge in [-0.25, -0.2) is 8.42 Å². The van der Waals surface area contributed by atoms with Crippen molar-refractivity contribution in [2.75, 3.05) is 39.5 Å². The molecule has 0 saturated heterocycles. The fourth-order valence-corrected chi connectivity index (χ4v) is 3.53. The van der Waals surface area contributed by atoms with E-state index in [1.807, 2.05) is 32.0 Å². The molecule has 1 aromatic rings. The molecular formula is C14H22N4O2S. The summed E-state index contributed by atoms with van der Waals surface area (Å²) in [7, 11) is 0.149. The van der Waals surface area contributed by atoms with Crippen LogP contribution in [0.5, 0.6) is 0 Å². The van der Waals surface area contributed by atoms with Gasteiger partial charge in [-0.15, -0.1) is 0 Å². The van der Waals surface area contributed by atoms with Gasteiger partial charge in [0.2, 0.25) is 10.0 Å². The van der Waals surface area contributed by atoms with Gasteiger partial charge in [0.25, 0.3) is 0 Å². The fourth-order valence-electron chi connectivity index (χ4n) is 1.91. The van der Waals surface area contributed by atoms with Crippen molar-refractivity contribution < 1.29 is 8.42 Å². The molecule has 0 radical (unpaired) electrons. The summed E-state index contributed by atoms with van der Waals surface area (Å²) in [5.74, 6) is 0. The second-order valence-corrected chi connectivity index (χ2v) is 6.98. The van der Waals surface area contributed by atoms with E-state index in [4.69, 9.17) is 11.0 Å². The topological polar surface area (TPSA) is 90.4 Å². The molecule has 0 aliphatic heterocycles. The van der Waals surface area contributed by atoms with Gasteiger partial charge >= 0.3 is 0 Å². The average Bonchev–Trinajstić information content (AvgIpc) is 2.42. The van der Waals surface area contributed by atoms with E-state index in [0.29, 0.717) is 25.2 Å². The van der Waals surface area contributed by atoms with Crippen molar-refractivity contribution >= 4 is 15.7 Å². The Morgan fingerprint density at radius 2 is 1.90 bits per heavy atom. The minimum atomic E-state index is -3.64. The highest BCUT2D eigenvalue weighted by Gasteiger charge is 2.25. The Kier molecular flexibility index (Phi) is 6.15. The third-order valence-corrected chi connectivity index (χ3v) is 5.00. The first-order valence-electron chi connectivity index (χ1n) is 6.77. The first kappa shape index (κ1) is 17.4. The number of rotatable bonds is 7. The summed E-state index contributed by atoms with van der Waals surface area (Å²) in [6.45, 7) is 3.41. The van der Waals surface area contributed by atoms with Crippen LogP contribution in [0.4, 0.5) is 5.69 Å². The first-order chi connectivity index (χ1) is 9.82. The molecular weight excluding hydrogens is 288 g/mol. The van der Waals surface area contributed by atoms with Crippen molar-refractivity contribution in [1.29, 1.82) is 5.26 Å². The molecule has 7 heteroatoms. The molecule has 0 aliphatic carbocycles. The Morgan fingerprint density at radius 1 is 1.24 bits per heavy atom. The second-order valence-electron chi connectivity index (χ2n) is 5.07. The first-order valence-corrected chi connectivity index (χ1v) is 8.21. The Hall–Kier alpha value is -1.62. The summed E-state index contributed by atoms with van der Waals surface area (Å²) in [4.78, 5) is 1.99. The van der Waals surface area contributed by atoms with E-state index in [2.05, 4.69) is 0 Å². The third-order valence-electron chi connectivity index (χ3n) is 3.03. The van der Waals surface area contributed by atoms with Crippen LogP contribution in [0.3, 0.4) is 0 Å². The highest BCUT2D eigenvalue weighted by atomic mass is 32.2. The lowest BCUT2D eigenvalue weighted by molar-refractivity contribution is 0.333. The van der Waals surface area contributed by atoms with Crippen molar-refractivity contribution in [1.82, 2.24) is 9.21 Å². The maximum atomic E-state index is 12.7. The number of likely N-dealkylation sites (N-methyl/N-ethyl adjacent to an activating group) is 1. The smallest absolute Gasteiger partial charge is 0.245 e. The van der Waals surface area contributed by atoms with Crippen molar-refractivity contribution in [2.24, 2.45) is 0 Å². The van der Waals surface area contributed by atoms with Gasteiger partial charge in [-0.2, -0.15) is 9.57 Å². The number of sulfonamides is 1. The summed E-state index contributed by atoms with van der Waals surface area (Å²) >= 11 is 0. The van der Waals surface area contributed by atoms with Crippen LogP contribution >= 0.6 is 0 Å². The molecule has 0 spiro atoms. The molecule has 0 aromatic heterocycles. The molecule has 0 fully saturated rings. The molecule has 0 bridgehead atoms. The van der Waals surface area contributed by atoms with Crippen molar-refractivity contribution in [3.8, 4) is 6.07 Å². The number of anilines is 1. The van der Waals surface area contributed by atoms with Crippen LogP contribution in [0.15, 0.2) is 23.1 Å². The number of nitrogens with two attached hydrogens (primary N) is 1. The van der Waals surface area contributed by atoms with E-state index < -0.39 is 10.0 Å². The van der Waals surface area contributed by atoms with Crippen molar-refractivity contribution in [3.63, 3.8) is 0 Å². The standard InChI is InChI=1S/C14H22N4O2S/c1-4-7-18(9-8-17(2)3)21(19,20)14-6-5-12(11-15)10-13(14)16/h5-6,10H,4,7-9,16H2,1-3H3. The number of nitrogen functional groups attached to an aromatic ring is 1. The van der Waals surface area contributed by atoms with Crippen LogP contribution in [0, 0.1) is 11.3 Å². The van der Waals surface area contributed by atoms with E-state index in [-0.39, 0.29) is 10.6 Å². The predicted octanol–water partition coefficient (Wildman–Crippen LogP) is 1.10. The Bertz CT molecular complexity index is 620. The van der Waals surface area contributed by atoms with E-state index in [0.717, 1.165) is 6.42 Å². The molecule has 0 unspecified atom stereocenters. The van der Waals surface area contributed by atoms with E-state index in [1.165, 1.54) is 22.5 Å². The predicted molar refractivity (Wildman–Crippen MR) is 83.2 cm³/mol. The highest BCUT2D eigenvalue weighted by molar-refractivity contribution is 7.89. The maximum absolute atomic E-state index is 12.7. The van der Waals surface area contributed by atoms with Crippen LogP contribution in [-0.2, 0) is 10.0 Å². The van der Waals surface area contributed by atoms with Crippen LogP contribution < -0.4 is 5.73 Å². The molecule has 0 amide bonds. The highest BCUT2D eigenvalue weighted by Crippen LogP contribution is 2.23. The molecule has 6 nitrogen and oxygen atoms in total. The Labute approximate surface area is 126 Å². The number of benzene rings is 1. The fraction of sp³-hybridized carbons (Fsp3) is 0.500. The van der Waals surface area contributed by atoms with Crippen LogP contribution in [0.2, 0.25) is 0 Å². The Balaban J connectivity index is 3.13. The van der Waals surface area contributed by atoms with Gasteiger partial charge in [0.15, 0.2) is 0 Å². The van der Waals surface area contributed by atoms with Gasteiger partial charge < -0.3 is 10.6 Å². The zero-order valence-corrected chi connectivity index (χ0v) is 13.5. The number of nitrogens with zero attached hydrogens (tertiary/aromatic N) is 3. The lowest BCUT2D eigenvalue weighted by atomic mass is 10.2. The van der Waals surface area contributed by atoms with E-state index in [1.54, 1.807) is 0 Å². The maximum Gasteiger partial charge on any atom is 0.245 e. The Morgan fingerprint density at radius 3 is 2.38 bits per heavy atom. The van der Waals surface area contributed by atoms with Gasteiger partial charge in [-0.1, -0.05) is 6.92 Å². The number of hydrogen-bond acceptors (Lipinski definition) is 5. The molecule has 21 heavy (non-hydrogen) atoms. The van der Waals surface area contributed by atoms with Crippen LogP contribution in [0.1, 0.15) is 18.9 Å². The summed E-state index contributed by atoms with van der Waals surface area (Å²) < 4.78 is 26.8. The SMILES string of the molecule is CCCN(CCN(C)C)S(=O)(=O)c1ccc(C#N)cc1N. The number of nitriles is 1. The molecule has 0 saturated carbocycles. The second kappa shape index (κ2) is 7.41. The summed E-state index contributed by atoms with van der Waals surface area (Å²) in [5.41, 5.74) is 6.27. The monoisotopic (exact) mass is 310 g/mol. The molecule has 0 heterocycles. The zero-order chi connectivity index (χ0) is 16.0. The number of hydrogen-bond donors (Lipinski definition) is 1. The van der Waals surface area contributed by atoms with Gasteiger partial charge in [0.1, 0.15) is 4.90 Å².